The molecule has 124 valence electrons. The lowest BCUT2D eigenvalue weighted by molar-refractivity contribution is -0.137. The number of rotatable bonds is 4. The normalized spacial score (nSPS) is 21.0. The van der Waals surface area contributed by atoms with Gasteiger partial charge in [0.2, 0.25) is 10.0 Å². The number of alkyl halides is 3. The molecule has 0 aromatic heterocycles. The summed E-state index contributed by atoms with van der Waals surface area (Å²) < 4.78 is 64.1. The molecule has 1 N–H and O–H groups in total. The third-order valence-corrected chi connectivity index (χ3v) is 5.22. The zero-order valence-electron chi connectivity index (χ0n) is 12.2. The van der Waals surface area contributed by atoms with Crippen LogP contribution in [-0.2, 0) is 16.2 Å². The van der Waals surface area contributed by atoms with Crippen molar-refractivity contribution < 1.29 is 21.6 Å². The summed E-state index contributed by atoms with van der Waals surface area (Å²) in [4.78, 5) is 1.99. The van der Waals surface area contributed by atoms with Gasteiger partial charge in [-0.15, -0.1) is 0 Å². The largest absolute Gasteiger partial charge is 0.416 e. The van der Waals surface area contributed by atoms with E-state index >= 15 is 0 Å². The summed E-state index contributed by atoms with van der Waals surface area (Å²) in [6, 6.07) is 3.53. The first kappa shape index (κ1) is 17.2. The molecule has 1 aromatic carbocycles. The highest BCUT2D eigenvalue weighted by Crippen LogP contribution is 2.29. The van der Waals surface area contributed by atoms with E-state index in [-0.39, 0.29) is 10.8 Å². The van der Waals surface area contributed by atoms with E-state index in [9.17, 15) is 21.6 Å². The molecule has 1 saturated heterocycles. The predicted molar refractivity (Wildman–Crippen MR) is 76.9 cm³/mol. The van der Waals surface area contributed by atoms with Crippen LogP contribution in [0.4, 0.5) is 13.2 Å². The first-order valence-electron chi connectivity index (χ1n) is 7.04. The van der Waals surface area contributed by atoms with Crippen LogP contribution in [0, 0.1) is 5.92 Å². The molecule has 8 heteroatoms. The van der Waals surface area contributed by atoms with Crippen molar-refractivity contribution >= 4 is 10.0 Å². The molecule has 1 heterocycles. The van der Waals surface area contributed by atoms with Gasteiger partial charge in [-0.2, -0.15) is 13.2 Å². The predicted octanol–water partition coefficient (Wildman–Crippen LogP) is 2.33. The van der Waals surface area contributed by atoms with Gasteiger partial charge in [-0.3, -0.25) is 0 Å². The zero-order chi connectivity index (χ0) is 16.4. The molecule has 0 bridgehead atoms. The average Bonchev–Trinajstić information content (AvgIpc) is 2.45. The van der Waals surface area contributed by atoms with Crippen LogP contribution in [0.1, 0.15) is 18.4 Å². The second-order valence-electron chi connectivity index (χ2n) is 5.64. The number of nitrogens with one attached hydrogen (secondary N) is 1. The van der Waals surface area contributed by atoms with Gasteiger partial charge in [0.15, 0.2) is 0 Å². The molecule has 22 heavy (non-hydrogen) atoms. The van der Waals surface area contributed by atoms with E-state index in [0.717, 1.165) is 50.2 Å². The number of halogens is 3. The average molecular weight is 336 g/mol. The summed E-state index contributed by atoms with van der Waals surface area (Å²) in [5.74, 6) is 0.225. The topological polar surface area (TPSA) is 49.4 Å². The number of likely N-dealkylation sites (tertiary alicyclic amines) is 1. The molecule has 1 unspecified atom stereocenters. The van der Waals surface area contributed by atoms with Crippen LogP contribution in [0.15, 0.2) is 29.2 Å². The molecular formula is C14H19F3N2O2S. The van der Waals surface area contributed by atoms with Gasteiger partial charge in [0.05, 0.1) is 10.5 Å². The van der Waals surface area contributed by atoms with Gasteiger partial charge in [-0.1, -0.05) is 0 Å². The van der Waals surface area contributed by atoms with Crippen molar-refractivity contribution in [2.24, 2.45) is 5.92 Å². The van der Waals surface area contributed by atoms with Gasteiger partial charge in [0, 0.05) is 13.1 Å². The van der Waals surface area contributed by atoms with Crippen molar-refractivity contribution in [2.45, 2.75) is 23.9 Å². The van der Waals surface area contributed by atoms with Crippen LogP contribution in [0.25, 0.3) is 0 Å². The number of nitrogens with zero attached hydrogens (tertiary/aromatic N) is 1. The summed E-state index contributed by atoms with van der Waals surface area (Å²) in [6.07, 6.45) is -2.51. The van der Waals surface area contributed by atoms with Gasteiger partial charge in [-0.05, 0) is 56.6 Å². The molecule has 1 aliphatic rings. The molecule has 1 atom stereocenters. The minimum Gasteiger partial charge on any atom is -0.306 e. The number of hydrogen-bond acceptors (Lipinski definition) is 3. The van der Waals surface area contributed by atoms with Crippen molar-refractivity contribution in [3.05, 3.63) is 29.8 Å². The lowest BCUT2D eigenvalue weighted by Crippen LogP contribution is -2.39. The molecule has 0 aliphatic carbocycles. The highest BCUT2D eigenvalue weighted by atomic mass is 32.2. The number of sulfonamides is 1. The Hall–Kier alpha value is -1.12. The first-order valence-corrected chi connectivity index (χ1v) is 8.52. The summed E-state index contributed by atoms with van der Waals surface area (Å²) in [6.45, 7) is 2.12. The molecule has 1 aromatic rings. The van der Waals surface area contributed by atoms with Crippen LogP contribution >= 0.6 is 0 Å². The van der Waals surface area contributed by atoms with Gasteiger partial charge >= 0.3 is 6.18 Å². The molecule has 0 radical (unpaired) electrons. The lowest BCUT2D eigenvalue weighted by Gasteiger charge is -2.29. The van der Waals surface area contributed by atoms with Gasteiger partial charge in [-0.25, -0.2) is 13.1 Å². The van der Waals surface area contributed by atoms with Crippen molar-refractivity contribution in [3.63, 3.8) is 0 Å². The molecule has 1 fully saturated rings. The fourth-order valence-electron chi connectivity index (χ4n) is 2.57. The van der Waals surface area contributed by atoms with Crippen LogP contribution in [0.5, 0.6) is 0 Å². The number of benzene rings is 1. The van der Waals surface area contributed by atoms with Gasteiger partial charge in [0.1, 0.15) is 0 Å². The SMILES string of the molecule is CN1CCCC(CNS(=O)(=O)c2ccc(C(F)(F)F)cc2)C1. The Balaban J connectivity index is 2.01. The van der Waals surface area contributed by atoms with Gasteiger partial charge in [0.25, 0.3) is 0 Å². The van der Waals surface area contributed by atoms with Crippen molar-refractivity contribution in [2.75, 3.05) is 26.7 Å². The Kier molecular flexibility index (Phi) is 5.14. The summed E-state index contributed by atoms with van der Waals surface area (Å²) >= 11 is 0. The molecule has 0 amide bonds. The zero-order valence-corrected chi connectivity index (χ0v) is 13.0. The van der Waals surface area contributed by atoms with E-state index in [0.29, 0.717) is 6.54 Å². The lowest BCUT2D eigenvalue weighted by atomic mass is 9.99. The third-order valence-electron chi connectivity index (χ3n) is 3.78. The monoisotopic (exact) mass is 336 g/mol. The van der Waals surface area contributed by atoms with E-state index in [2.05, 4.69) is 9.62 Å². The van der Waals surface area contributed by atoms with Crippen molar-refractivity contribution in [1.82, 2.24) is 9.62 Å². The summed E-state index contributed by atoms with van der Waals surface area (Å²) in [5.41, 5.74) is -0.861. The fourth-order valence-corrected chi connectivity index (χ4v) is 3.69. The number of piperidine rings is 1. The molecule has 0 saturated carbocycles. The van der Waals surface area contributed by atoms with E-state index in [4.69, 9.17) is 0 Å². The Labute approximate surface area is 128 Å². The van der Waals surface area contributed by atoms with E-state index in [1.54, 1.807) is 0 Å². The quantitative estimate of drug-likeness (QED) is 0.918. The Bertz CT molecular complexity index is 600. The summed E-state index contributed by atoms with van der Waals surface area (Å²) in [5, 5.41) is 0. The van der Waals surface area contributed by atoms with Crippen LogP contribution in [0.2, 0.25) is 0 Å². The van der Waals surface area contributed by atoms with E-state index in [1.165, 1.54) is 0 Å². The molecule has 4 nitrogen and oxygen atoms in total. The van der Waals surface area contributed by atoms with Crippen LogP contribution < -0.4 is 4.72 Å². The maximum Gasteiger partial charge on any atom is 0.416 e. The molecule has 2 rings (SSSR count). The Morgan fingerprint density at radius 3 is 2.45 bits per heavy atom. The highest BCUT2D eigenvalue weighted by Gasteiger charge is 2.30. The van der Waals surface area contributed by atoms with E-state index < -0.39 is 21.8 Å². The Morgan fingerprint density at radius 1 is 1.27 bits per heavy atom. The maximum absolute atomic E-state index is 12.5. The van der Waals surface area contributed by atoms with Crippen LogP contribution in [0.3, 0.4) is 0 Å². The molecule has 1 aliphatic heterocycles. The summed E-state index contributed by atoms with van der Waals surface area (Å²) in [7, 11) is -1.79. The molecule has 0 spiro atoms. The minimum atomic E-state index is -4.47. The smallest absolute Gasteiger partial charge is 0.306 e. The molecular weight excluding hydrogens is 317 g/mol. The fraction of sp³-hybridized carbons (Fsp3) is 0.571. The highest BCUT2D eigenvalue weighted by molar-refractivity contribution is 7.89. The van der Waals surface area contributed by atoms with Crippen molar-refractivity contribution in [1.29, 1.82) is 0 Å². The Morgan fingerprint density at radius 2 is 1.91 bits per heavy atom. The van der Waals surface area contributed by atoms with E-state index in [1.807, 2.05) is 7.05 Å². The number of hydrogen-bond donors (Lipinski definition) is 1. The minimum absolute atomic E-state index is 0.148. The second kappa shape index (κ2) is 6.55. The first-order chi connectivity index (χ1) is 10.2. The second-order valence-corrected chi connectivity index (χ2v) is 7.41. The standard InChI is InChI=1S/C14H19F3N2O2S/c1-19-8-2-3-11(10-19)9-18-22(20,21)13-6-4-12(5-7-13)14(15,16)17/h4-7,11,18H,2-3,8-10H2,1H3. The van der Waals surface area contributed by atoms with Crippen molar-refractivity contribution in [3.8, 4) is 0 Å². The van der Waals surface area contributed by atoms with Gasteiger partial charge < -0.3 is 4.90 Å². The third kappa shape index (κ3) is 4.44. The van der Waals surface area contributed by atoms with Crippen LogP contribution in [-0.4, -0.2) is 40.0 Å². The maximum atomic E-state index is 12.5.